The van der Waals surface area contributed by atoms with Crippen LogP contribution in [-0.2, 0) is 6.54 Å². The number of nitrogens with zero attached hydrogens (tertiary/aromatic N) is 5. The molecule has 8 nitrogen and oxygen atoms in total. The number of rotatable bonds is 6. The van der Waals surface area contributed by atoms with Crippen LogP contribution in [0.4, 0.5) is 0 Å². The largest absolute Gasteiger partial charge is 0.349 e. The number of hydrogen-bond acceptors (Lipinski definition) is 7. The third kappa shape index (κ3) is 4.10. The zero-order valence-electron chi connectivity index (χ0n) is 16.7. The first-order chi connectivity index (χ1) is 14.4. The van der Waals surface area contributed by atoms with E-state index in [1.807, 2.05) is 44.4 Å². The predicted octanol–water partition coefficient (Wildman–Crippen LogP) is 2.97. The second kappa shape index (κ2) is 8.33. The van der Waals surface area contributed by atoms with Crippen LogP contribution in [0.5, 0.6) is 0 Å². The third-order valence-electron chi connectivity index (χ3n) is 4.42. The van der Waals surface area contributed by atoms with Gasteiger partial charge in [-0.25, -0.2) is 14.3 Å². The van der Waals surface area contributed by atoms with E-state index >= 15 is 0 Å². The Hall–Kier alpha value is -3.11. The molecule has 0 bridgehead atoms. The summed E-state index contributed by atoms with van der Waals surface area (Å²) in [6.07, 6.45) is 0. The molecule has 0 aliphatic rings. The smallest absolute Gasteiger partial charge is 0.266 e. The number of aryl methyl sites for hydroxylation is 3. The maximum absolute atomic E-state index is 12.6. The molecule has 0 saturated heterocycles. The molecule has 0 aliphatic heterocycles. The van der Waals surface area contributed by atoms with E-state index in [4.69, 9.17) is 0 Å². The molecular weight excluding hydrogens is 420 g/mol. The molecular formula is C20H20N6O2S2. The van der Waals surface area contributed by atoms with Crippen LogP contribution >= 0.6 is 22.7 Å². The molecule has 1 amide bonds. The minimum atomic E-state index is -0.233. The predicted molar refractivity (Wildman–Crippen MR) is 118 cm³/mol. The summed E-state index contributed by atoms with van der Waals surface area (Å²) >= 11 is 2.96. The zero-order valence-corrected chi connectivity index (χ0v) is 18.4. The summed E-state index contributed by atoms with van der Waals surface area (Å²) in [4.78, 5) is 30.9. The molecule has 0 fully saturated rings. The molecule has 4 rings (SSSR count). The van der Waals surface area contributed by atoms with Crippen LogP contribution in [0.15, 0.2) is 40.5 Å². The molecule has 0 atom stereocenters. The molecule has 4 aromatic heterocycles. The molecule has 0 radical (unpaired) electrons. The van der Waals surface area contributed by atoms with Crippen molar-refractivity contribution < 1.29 is 4.79 Å². The van der Waals surface area contributed by atoms with Gasteiger partial charge >= 0.3 is 0 Å². The van der Waals surface area contributed by atoms with Gasteiger partial charge in [-0.1, -0.05) is 6.07 Å². The molecule has 0 spiro atoms. The number of carbonyl (C=O) groups is 1. The first-order valence-corrected chi connectivity index (χ1v) is 11.0. The normalized spacial score (nSPS) is 11.0. The summed E-state index contributed by atoms with van der Waals surface area (Å²) in [5, 5.41) is 14.5. The van der Waals surface area contributed by atoms with Crippen LogP contribution in [0.3, 0.4) is 0 Å². The Balaban J connectivity index is 1.44. The Bertz CT molecular complexity index is 1250. The molecule has 4 aromatic rings. The Labute approximate surface area is 180 Å². The molecule has 4 heterocycles. The van der Waals surface area contributed by atoms with Crippen molar-refractivity contribution in [3.05, 3.63) is 68.0 Å². The molecule has 0 aromatic carbocycles. The van der Waals surface area contributed by atoms with E-state index in [0.717, 1.165) is 21.3 Å². The van der Waals surface area contributed by atoms with Gasteiger partial charge in [0, 0.05) is 18.3 Å². The zero-order chi connectivity index (χ0) is 21.3. The van der Waals surface area contributed by atoms with Crippen molar-refractivity contribution >= 4 is 28.6 Å². The molecule has 1 N–H and O–H groups in total. The third-order valence-corrected chi connectivity index (χ3v) is 6.62. The fourth-order valence-corrected chi connectivity index (χ4v) is 4.82. The number of carbonyl (C=O) groups excluding carboxylic acids is 1. The fraction of sp³-hybridized carbons (Fsp3) is 0.250. The number of nitrogens with one attached hydrogen (secondary N) is 1. The standard InChI is InChI=1S/C20H20N6O2S2/c1-12-11-13(2)26(23-12)16-6-7-17(27)25(24-16)9-8-21-19(28)18-14(3)22-20(30-18)15-5-4-10-29-15/h4-7,10-11H,8-9H2,1-3H3,(H,21,28). The number of thiazole rings is 1. The average molecular weight is 441 g/mol. The number of thiophene rings is 1. The van der Waals surface area contributed by atoms with Crippen molar-refractivity contribution in [2.24, 2.45) is 0 Å². The molecule has 0 saturated carbocycles. The lowest BCUT2D eigenvalue weighted by Crippen LogP contribution is -2.32. The molecule has 0 unspecified atom stereocenters. The molecule has 10 heteroatoms. The summed E-state index contributed by atoms with van der Waals surface area (Å²) in [6.45, 7) is 6.19. The number of amides is 1. The Morgan fingerprint density at radius 3 is 2.70 bits per heavy atom. The van der Waals surface area contributed by atoms with Crippen molar-refractivity contribution in [1.82, 2.24) is 29.9 Å². The number of aromatic nitrogens is 5. The van der Waals surface area contributed by atoms with Crippen molar-refractivity contribution in [2.75, 3.05) is 6.54 Å². The highest BCUT2D eigenvalue weighted by Crippen LogP contribution is 2.30. The van der Waals surface area contributed by atoms with E-state index in [0.29, 0.717) is 16.4 Å². The van der Waals surface area contributed by atoms with E-state index in [9.17, 15) is 9.59 Å². The van der Waals surface area contributed by atoms with Crippen molar-refractivity contribution in [1.29, 1.82) is 0 Å². The van der Waals surface area contributed by atoms with Gasteiger partial charge in [0.25, 0.3) is 11.5 Å². The quantitative estimate of drug-likeness (QED) is 0.497. The van der Waals surface area contributed by atoms with Crippen LogP contribution in [0.2, 0.25) is 0 Å². The summed E-state index contributed by atoms with van der Waals surface area (Å²) in [5.74, 6) is 0.362. The topological polar surface area (TPSA) is 94.7 Å². The fourth-order valence-electron chi connectivity index (χ4n) is 3.04. The Morgan fingerprint density at radius 2 is 2.00 bits per heavy atom. The van der Waals surface area contributed by atoms with Crippen molar-refractivity contribution in [2.45, 2.75) is 27.3 Å². The number of hydrogen-bond donors (Lipinski definition) is 1. The monoisotopic (exact) mass is 440 g/mol. The van der Waals surface area contributed by atoms with Gasteiger partial charge in [-0.3, -0.25) is 9.59 Å². The van der Waals surface area contributed by atoms with Gasteiger partial charge in [0.2, 0.25) is 0 Å². The summed E-state index contributed by atoms with van der Waals surface area (Å²) in [5.41, 5.74) is 2.27. The lowest BCUT2D eigenvalue weighted by atomic mass is 10.3. The summed E-state index contributed by atoms with van der Waals surface area (Å²) in [7, 11) is 0. The molecule has 0 aliphatic carbocycles. The minimum absolute atomic E-state index is 0.199. The second-order valence-corrected chi connectivity index (χ2v) is 8.71. The van der Waals surface area contributed by atoms with Crippen molar-refractivity contribution in [3.63, 3.8) is 0 Å². The highest BCUT2D eigenvalue weighted by Gasteiger charge is 2.16. The lowest BCUT2D eigenvalue weighted by Gasteiger charge is -2.09. The van der Waals surface area contributed by atoms with E-state index in [1.165, 1.54) is 22.1 Å². The van der Waals surface area contributed by atoms with Crippen LogP contribution in [0.25, 0.3) is 15.7 Å². The van der Waals surface area contributed by atoms with Crippen LogP contribution in [-0.4, -0.2) is 37.0 Å². The molecule has 30 heavy (non-hydrogen) atoms. The maximum atomic E-state index is 12.6. The second-order valence-electron chi connectivity index (χ2n) is 6.76. The Kier molecular flexibility index (Phi) is 5.60. The van der Waals surface area contributed by atoms with E-state index in [2.05, 4.69) is 20.5 Å². The van der Waals surface area contributed by atoms with Gasteiger partial charge in [-0.2, -0.15) is 5.10 Å². The van der Waals surface area contributed by atoms with Gasteiger partial charge in [0.05, 0.1) is 22.8 Å². The Morgan fingerprint density at radius 1 is 1.17 bits per heavy atom. The SMILES string of the molecule is Cc1cc(C)n(-c2ccc(=O)n(CCNC(=O)c3sc(-c4cccs4)nc3C)n2)n1. The van der Waals surface area contributed by atoms with E-state index in [1.54, 1.807) is 22.1 Å². The van der Waals surface area contributed by atoms with Crippen LogP contribution in [0, 0.1) is 20.8 Å². The highest BCUT2D eigenvalue weighted by atomic mass is 32.1. The van der Waals surface area contributed by atoms with Crippen molar-refractivity contribution in [3.8, 4) is 15.7 Å². The first kappa shape index (κ1) is 20.2. The van der Waals surface area contributed by atoms with Crippen LogP contribution in [0.1, 0.15) is 26.8 Å². The first-order valence-electron chi connectivity index (χ1n) is 9.33. The van der Waals surface area contributed by atoms with Gasteiger partial charge < -0.3 is 5.32 Å². The van der Waals surface area contributed by atoms with Gasteiger partial charge in [-0.05, 0) is 44.4 Å². The average Bonchev–Trinajstić information content (AvgIpc) is 3.43. The van der Waals surface area contributed by atoms with Gasteiger partial charge in [-0.15, -0.1) is 27.8 Å². The van der Waals surface area contributed by atoms with Crippen LogP contribution < -0.4 is 10.9 Å². The van der Waals surface area contributed by atoms with E-state index < -0.39 is 0 Å². The summed E-state index contributed by atoms with van der Waals surface area (Å²) < 4.78 is 3.03. The summed E-state index contributed by atoms with van der Waals surface area (Å²) in [6, 6.07) is 8.99. The van der Waals surface area contributed by atoms with E-state index in [-0.39, 0.29) is 24.6 Å². The van der Waals surface area contributed by atoms with Gasteiger partial charge in [0.15, 0.2) is 5.82 Å². The molecule has 154 valence electrons. The lowest BCUT2D eigenvalue weighted by molar-refractivity contribution is 0.0955. The van der Waals surface area contributed by atoms with Gasteiger partial charge in [0.1, 0.15) is 9.88 Å². The highest BCUT2D eigenvalue weighted by molar-refractivity contribution is 7.22. The minimum Gasteiger partial charge on any atom is -0.349 e. The maximum Gasteiger partial charge on any atom is 0.266 e.